The number of hydrogen-bond donors (Lipinski definition) is 1. The third kappa shape index (κ3) is 5.03. The molecule has 0 bridgehead atoms. The summed E-state index contributed by atoms with van der Waals surface area (Å²) in [5.74, 6) is 2.40. The number of ether oxygens (including phenoxy) is 3. The number of hydrogen-bond acceptors (Lipinski definition) is 4. The van der Waals surface area contributed by atoms with E-state index in [1.165, 1.54) is 0 Å². The van der Waals surface area contributed by atoms with E-state index < -0.39 is 0 Å². The zero-order chi connectivity index (χ0) is 17.2. The van der Waals surface area contributed by atoms with Gasteiger partial charge in [0, 0.05) is 18.7 Å². The molecule has 0 aliphatic heterocycles. The van der Waals surface area contributed by atoms with E-state index >= 15 is 0 Å². The lowest BCUT2D eigenvalue weighted by Crippen LogP contribution is -2.13. The van der Waals surface area contributed by atoms with Crippen molar-refractivity contribution < 1.29 is 14.2 Å². The molecule has 0 radical (unpaired) electrons. The van der Waals surface area contributed by atoms with Gasteiger partial charge in [0.2, 0.25) is 0 Å². The average Bonchev–Trinajstić information content (AvgIpc) is 2.62. The average molecular weight is 327 g/mol. The smallest absolute Gasteiger partial charge is 0.161 e. The van der Waals surface area contributed by atoms with E-state index in [4.69, 9.17) is 14.2 Å². The maximum atomic E-state index is 5.67. The SMILES string of the molecule is C=CCOc1ccc(CNCc2ccccc2OC)cc1OCC. The third-order valence-electron chi connectivity index (χ3n) is 3.50. The predicted octanol–water partition coefficient (Wildman–Crippen LogP) is 3.95. The fourth-order valence-electron chi connectivity index (χ4n) is 2.39. The molecule has 4 heteroatoms. The molecule has 4 nitrogen and oxygen atoms in total. The van der Waals surface area contributed by atoms with Crippen LogP contribution in [0.3, 0.4) is 0 Å². The first-order chi connectivity index (χ1) is 11.8. The summed E-state index contributed by atoms with van der Waals surface area (Å²) < 4.78 is 16.7. The summed E-state index contributed by atoms with van der Waals surface area (Å²) in [6.07, 6.45) is 1.72. The summed E-state index contributed by atoms with van der Waals surface area (Å²) in [7, 11) is 1.69. The Balaban J connectivity index is 1.99. The second-order valence-corrected chi connectivity index (χ2v) is 5.23. The molecular weight excluding hydrogens is 302 g/mol. The Morgan fingerprint density at radius 3 is 2.58 bits per heavy atom. The van der Waals surface area contributed by atoms with E-state index in [0.29, 0.717) is 13.2 Å². The minimum Gasteiger partial charge on any atom is -0.496 e. The summed E-state index contributed by atoms with van der Waals surface area (Å²) in [6, 6.07) is 14.0. The number of rotatable bonds is 10. The van der Waals surface area contributed by atoms with Gasteiger partial charge >= 0.3 is 0 Å². The fraction of sp³-hybridized carbons (Fsp3) is 0.300. The van der Waals surface area contributed by atoms with Crippen molar-refractivity contribution in [2.24, 2.45) is 0 Å². The molecule has 0 fully saturated rings. The van der Waals surface area contributed by atoms with Crippen LogP contribution in [0, 0.1) is 0 Å². The Morgan fingerprint density at radius 2 is 1.83 bits per heavy atom. The first-order valence-electron chi connectivity index (χ1n) is 8.10. The Kier molecular flexibility index (Phi) is 7.18. The van der Waals surface area contributed by atoms with Crippen molar-refractivity contribution in [1.82, 2.24) is 5.32 Å². The van der Waals surface area contributed by atoms with Gasteiger partial charge in [0.25, 0.3) is 0 Å². The second kappa shape index (κ2) is 9.63. The maximum absolute atomic E-state index is 5.67. The number of nitrogens with one attached hydrogen (secondary N) is 1. The van der Waals surface area contributed by atoms with Gasteiger partial charge in [0.1, 0.15) is 12.4 Å². The van der Waals surface area contributed by atoms with E-state index in [0.717, 1.165) is 41.5 Å². The largest absolute Gasteiger partial charge is 0.496 e. The molecule has 0 spiro atoms. The Morgan fingerprint density at radius 1 is 1.00 bits per heavy atom. The molecule has 0 unspecified atom stereocenters. The molecule has 0 aliphatic rings. The summed E-state index contributed by atoms with van der Waals surface area (Å²) in [6.45, 7) is 8.17. The maximum Gasteiger partial charge on any atom is 0.161 e. The molecule has 128 valence electrons. The first-order valence-corrected chi connectivity index (χ1v) is 8.10. The van der Waals surface area contributed by atoms with Gasteiger partial charge < -0.3 is 19.5 Å². The number of para-hydroxylation sites is 1. The van der Waals surface area contributed by atoms with Crippen LogP contribution in [-0.2, 0) is 13.1 Å². The zero-order valence-electron chi connectivity index (χ0n) is 14.4. The summed E-state index contributed by atoms with van der Waals surface area (Å²) in [5, 5.41) is 3.43. The normalized spacial score (nSPS) is 10.2. The van der Waals surface area contributed by atoms with Crippen molar-refractivity contribution in [3.63, 3.8) is 0 Å². The predicted molar refractivity (Wildman–Crippen MR) is 96.8 cm³/mol. The molecule has 2 rings (SSSR count). The molecule has 0 aliphatic carbocycles. The summed E-state index contributed by atoms with van der Waals surface area (Å²) in [5.41, 5.74) is 2.27. The lowest BCUT2D eigenvalue weighted by atomic mass is 10.1. The van der Waals surface area contributed by atoms with Gasteiger partial charge in [-0.3, -0.25) is 0 Å². The number of benzene rings is 2. The van der Waals surface area contributed by atoms with Gasteiger partial charge in [0.15, 0.2) is 11.5 Å². The highest BCUT2D eigenvalue weighted by Gasteiger charge is 2.07. The van der Waals surface area contributed by atoms with Crippen molar-refractivity contribution in [1.29, 1.82) is 0 Å². The summed E-state index contributed by atoms with van der Waals surface area (Å²) in [4.78, 5) is 0. The minimum atomic E-state index is 0.464. The molecule has 1 N–H and O–H groups in total. The lowest BCUT2D eigenvalue weighted by molar-refractivity contribution is 0.296. The van der Waals surface area contributed by atoms with Crippen LogP contribution in [-0.4, -0.2) is 20.3 Å². The molecule has 24 heavy (non-hydrogen) atoms. The van der Waals surface area contributed by atoms with Crippen molar-refractivity contribution in [2.45, 2.75) is 20.0 Å². The molecule has 0 saturated carbocycles. The standard InChI is InChI=1S/C20H25NO3/c1-4-12-24-19-11-10-16(13-20(19)23-5-2)14-21-15-17-8-6-7-9-18(17)22-3/h4,6-11,13,21H,1,5,12,14-15H2,2-3H3. The molecule has 2 aromatic carbocycles. The van der Waals surface area contributed by atoms with Gasteiger partial charge in [-0.05, 0) is 30.7 Å². The highest BCUT2D eigenvalue weighted by molar-refractivity contribution is 5.43. The van der Waals surface area contributed by atoms with Crippen LogP contribution >= 0.6 is 0 Å². The molecule has 0 saturated heterocycles. The van der Waals surface area contributed by atoms with E-state index in [1.807, 2.05) is 43.3 Å². The Bertz CT molecular complexity index is 655. The first kappa shape index (κ1) is 17.9. The van der Waals surface area contributed by atoms with Gasteiger partial charge in [-0.25, -0.2) is 0 Å². The van der Waals surface area contributed by atoms with Crippen LogP contribution < -0.4 is 19.5 Å². The van der Waals surface area contributed by atoms with Crippen molar-refractivity contribution in [3.8, 4) is 17.2 Å². The minimum absolute atomic E-state index is 0.464. The van der Waals surface area contributed by atoms with Crippen LogP contribution in [0.15, 0.2) is 55.1 Å². The van der Waals surface area contributed by atoms with Crippen LogP contribution in [0.5, 0.6) is 17.2 Å². The molecule has 0 amide bonds. The van der Waals surface area contributed by atoms with Crippen LogP contribution in [0.2, 0.25) is 0 Å². The highest BCUT2D eigenvalue weighted by atomic mass is 16.5. The second-order valence-electron chi connectivity index (χ2n) is 5.23. The van der Waals surface area contributed by atoms with Gasteiger partial charge in [-0.2, -0.15) is 0 Å². The Hall–Kier alpha value is -2.46. The molecular formula is C20H25NO3. The van der Waals surface area contributed by atoms with Crippen molar-refractivity contribution in [3.05, 3.63) is 66.2 Å². The highest BCUT2D eigenvalue weighted by Crippen LogP contribution is 2.28. The van der Waals surface area contributed by atoms with Gasteiger partial charge in [-0.15, -0.1) is 0 Å². The van der Waals surface area contributed by atoms with Gasteiger partial charge in [-0.1, -0.05) is 36.9 Å². The topological polar surface area (TPSA) is 39.7 Å². The number of methoxy groups -OCH3 is 1. The van der Waals surface area contributed by atoms with E-state index in [2.05, 4.69) is 18.0 Å². The zero-order valence-corrected chi connectivity index (χ0v) is 14.4. The quantitative estimate of drug-likeness (QED) is 0.671. The van der Waals surface area contributed by atoms with Crippen LogP contribution in [0.1, 0.15) is 18.1 Å². The lowest BCUT2D eigenvalue weighted by Gasteiger charge is -2.13. The van der Waals surface area contributed by atoms with Crippen molar-refractivity contribution in [2.75, 3.05) is 20.3 Å². The van der Waals surface area contributed by atoms with E-state index in [-0.39, 0.29) is 0 Å². The molecule has 0 heterocycles. The Labute approximate surface area is 144 Å². The van der Waals surface area contributed by atoms with Crippen molar-refractivity contribution >= 4 is 0 Å². The fourth-order valence-corrected chi connectivity index (χ4v) is 2.39. The van der Waals surface area contributed by atoms with E-state index in [1.54, 1.807) is 13.2 Å². The molecule has 0 atom stereocenters. The van der Waals surface area contributed by atoms with Gasteiger partial charge in [0.05, 0.1) is 13.7 Å². The monoisotopic (exact) mass is 327 g/mol. The third-order valence-corrected chi connectivity index (χ3v) is 3.50. The van der Waals surface area contributed by atoms with Crippen LogP contribution in [0.25, 0.3) is 0 Å². The summed E-state index contributed by atoms with van der Waals surface area (Å²) >= 11 is 0. The van der Waals surface area contributed by atoms with E-state index in [9.17, 15) is 0 Å². The van der Waals surface area contributed by atoms with Crippen LogP contribution in [0.4, 0.5) is 0 Å². The molecule has 0 aromatic heterocycles. The molecule has 2 aromatic rings.